The van der Waals surface area contributed by atoms with E-state index < -0.39 is 167 Å². The van der Waals surface area contributed by atoms with E-state index in [2.05, 4.69) is 10.6 Å². The number of carbonyl (C=O) groups is 12. The number of hydrogen-bond donors (Lipinski definition) is 4. The fourth-order valence-corrected chi connectivity index (χ4v) is 11.9. The van der Waals surface area contributed by atoms with Crippen LogP contribution in [0.4, 0.5) is 0 Å². The van der Waals surface area contributed by atoms with Crippen LogP contribution in [0.3, 0.4) is 0 Å². The van der Waals surface area contributed by atoms with E-state index in [1.807, 2.05) is 55.4 Å². The van der Waals surface area contributed by atoms with Gasteiger partial charge in [0.2, 0.25) is 53.2 Å². The van der Waals surface area contributed by atoms with Crippen LogP contribution in [-0.2, 0) is 57.5 Å². The van der Waals surface area contributed by atoms with Crippen LogP contribution in [0, 0.1) is 53.3 Å². The molecule has 0 saturated carbocycles. The molecule has 1 aliphatic rings. The van der Waals surface area contributed by atoms with E-state index in [1.54, 1.807) is 67.5 Å². The maximum absolute atomic E-state index is 15.3. The number of carbonyl (C=O) groups excluding carboxylic acids is 11. The molecule has 1 aliphatic heterocycles. The van der Waals surface area contributed by atoms with Crippen molar-refractivity contribution < 1.29 is 67.7 Å². The topological polar surface area (TPSA) is 292 Å². The van der Waals surface area contributed by atoms with Gasteiger partial charge >= 0.3 is 5.97 Å². The third-order valence-corrected chi connectivity index (χ3v) is 17.6. The summed E-state index contributed by atoms with van der Waals surface area (Å²) in [5.41, 5.74) is 0. The number of nitrogens with zero attached hydrogens (tertiary/aromatic N) is 7. The summed E-state index contributed by atoms with van der Waals surface area (Å²) in [5.74, 6) is -13.2. The number of aliphatic carboxylic acids is 1. The monoisotopic (exact) mass is 1280 g/mol. The van der Waals surface area contributed by atoms with Gasteiger partial charge in [-0.15, -0.1) is 0 Å². The molecule has 1 saturated heterocycles. The molecule has 1 unspecified atom stereocenters. The van der Waals surface area contributed by atoms with Gasteiger partial charge in [0, 0.05) is 80.1 Å². The molecule has 518 valence electrons. The van der Waals surface area contributed by atoms with E-state index in [1.165, 1.54) is 81.9 Å². The fourth-order valence-electron chi connectivity index (χ4n) is 11.9. The number of amides is 9. The molecule has 0 radical (unpaired) electrons. The summed E-state index contributed by atoms with van der Waals surface area (Å²) in [6.45, 7) is 29.9. The molecule has 4 N–H and O–H groups in total. The molecule has 1 fully saturated rings. The molecule has 0 spiro atoms. The molecule has 0 aromatic carbocycles. The largest absolute Gasteiger partial charge is 0.478 e. The van der Waals surface area contributed by atoms with Crippen molar-refractivity contribution in [3.8, 4) is 0 Å². The number of likely N-dealkylation sites (N-methyl/N-ethyl adjacent to an activating group) is 7. The first-order valence-corrected chi connectivity index (χ1v) is 32.8. The van der Waals surface area contributed by atoms with Crippen LogP contribution < -0.4 is 10.6 Å². The number of allylic oxidation sites excluding steroid dienone is 2. The minimum absolute atomic E-state index is 0.0237. The van der Waals surface area contributed by atoms with Crippen molar-refractivity contribution in [3.05, 3.63) is 24.3 Å². The van der Waals surface area contributed by atoms with E-state index in [0.29, 0.717) is 6.42 Å². The quantitative estimate of drug-likeness (QED) is 0.0925. The Balaban J connectivity index is 4.54. The van der Waals surface area contributed by atoms with Gasteiger partial charge in [0.1, 0.15) is 48.3 Å². The van der Waals surface area contributed by atoms with Crippen molar-refractivity contribution in [2.45, 2.75) is 236 Å². The Bertz CT molecular complexity index is 2570. The van der Waals surface area contributed by atoms with Crippen LogP contribution >= 0.6 is 0 Å². The van der Waals surface area contributed by atoms with Crippen molar-refractivity contribution in [3.63, 3.8) is 0 Å². The number of nitrogens with one attached hydrogen (secondary N) is 2. The van der Waals surface area contributed by atoms with Gasteiger partial charge in [-0.1, -0.05) is 122 Å². The molecule has 0 aromatic rings. The number of aliphatic hydroxyl groups excluding tert-OH is 1. The molecule has 0 aromatic heterocycles. The third kappa shape index (κ3) is 23.5. The Hall–Kier alpha value is -6.52. The van der Waals surface area contributed by atoms with E-state index in [4.69, 9.17) is 0 Å². The second-order valence-corrected chi connectivity index (χ2v) is 27.9. The van der Waals surface area contributed by atoms with Crippen LogP contribution in [0.2, 0.25) is 0 Å². The molecular formula is C68H117N9O14. The molecule has 23 nitrogen and oxygen atoms in total. The van der Waals surface area contributed by atoms with Crippen molar-refractivity contribution in [2.24, 2.45) is 53.3 Å². The van der Waals surface area contributed by atoms with Crippen molar-refractivity contribution in [1.29, 1.82) is 0 Å². The zero-order valence-electron chi connectivity index (χ0n) is 59.6. The average Bonchev–Trinajstić information content (AvgIpc) is 0.906. The Morgan fingerprint density at radius 1 is 0.495 bits per heavy atom. The van der Waals surface area contributed by atoms with Crippen LogP contribution in [0.1, 0.15) is 175 Å². The summed E-state index contributed by atoms with van der Waals surface area (Å²) in [6, 6.07) is -11.4. The maximum Gasteiger partial charge on any atom is 0.327 e. The molecular weight excluding hydrogens is 1170 g/mol. The number of aliphatic hydroxyl groups is 1. The van der Waals surface area contributed by atoms with E-state index >= 15 is 24.0 Å². The first-order valence-electron chi connectivity index (χ1n) is 32.8. The Labute approximate surface area is 544 Å². The third-order valence-electron chi connectivity index (χ3n) is 17.6. The van der Waals surface area contributed by atoms with Gasteiger partial charge in [0.25, 0.3) is 0 Å². The van der Waals surface area contributed by atoms with Crippen LogP contribution in [-0.4, -0.2) is 225 Å². The van der Waals surface area contributed by atoms with Gasteiger partial charge < -0.3 is 55.1 Å². The second kappa shape index (κ2) is 37.9. The van der Waals surface area contributed by atoms with E-state index in [9.17, 15) is 43.8 Å². The lowest BCUT2D eigenvalue weighted by Gasteiger charge is -2.41. The SMILES string of the molecule is C/C=C/C[C@@H](C)[C@@H](O)[C@H]1C(=O)C[C@@H](CC)C(=O)N(C)C(C/C=C/C(=O)O)C(=O)N(C)[C@@H](CC(C)C)C(=O)N[C@@H](C(C)C)C(=O)N(C)[C@@H](CC(C)C)C(=O)N[C@@H](C)C(=O)C[C@H](C)C(=O)N(C)[C@@H](CC(C)C)C(=O)N(C)[C@@H](CC(C)C)C(=O)N(C)[C@@H](C(C)C)C(=O)N1C. The predicted molar refractivity (Wildman–Crippen MR) is 351 cm³/mol. The minimum atomic E-state index is -1.58. The standard InChI is InChI=1S/C68H117N9O14/c1-25-27-29-44(15)59(82)58-54(79)37-47(26-2)63(86)71(18)48(30-28-31-55(80)81)64(87)72(19)50(33-39(5)6)61(84)70-56(42(11)12)67(90)73(20)49(32-38(3)4)60(83)69-46(17)53(78)36-45(16)62(85)74(21)51(34-40(7)8)65(88)75(22)52(35-41(9)10)66(89)76(23)57(43(13)14)68(91)77(58)24/h25,27-28,31,38-52,56-59,82H,26,29-30,32-37H2,1-24H3,(H,69,83)(H,70,84)(H,80,81)/b27-25+,31-28+/t44-,45+,46+,47-,48?,49+,50+,51+,52+,56+,57+,58-,59-/m1/s1. The van der Waals surface area contributed by atoms with Crippen molar-refractivity contribution in [2.75, 3.05) is 49.3 Å². The summed E-state index contributed by atoms with van der Waals surface area (Å²) < 4.78 is 0. The smallest absolute Gasteiger partial charge is 0.327 e. The number of rotatable bonds is 18. The van der Waals surface area contributed by atoms with Gasteiger partial charge in [-0.25, -0.2) is 4.79 Å². The van der Waals surface area contributed by atoms with Gasteiger partial charge in [-0.05, 0) is 100 Å². The molecule has 13 atom stereocenters. The number of carboxylic acid groups (broad SMARTS) is 1. The fraction of sp³-hybridized carbons (Fsp3) is 0.765. The normalized spacial score (nSPS) is 27.0. The lowest BCUT2D eigenvalue weighted by atomic mass is 9.86. The lowest BCUT2D eigenvalue weighted by Crippen LogP contribution is -2.61. The summed E-state index contributed by atoms with van der Waals surface area (Å²) >= 11 is 0. The molecule has 0 aliphatic carbocycles. The minimum Gasteiger partial charge on any atom is -0.478 e. The Morgan fingerprint density at radius 3 is 1.34 bits per heavy atom. The predicted octanol–water partition coefficient (Wildman–Crippen LogP) is 5.85. The summed E-state index contributed by atoms with van der Waals surface area (Å²) in [6.07, 6.45) is 3.67. The molecule has 23 heteroatoms. The average molecular weight is 1280 g/mol. The second-order valence-electron chi connectivity index (χ2n) is 27.9. The number of carboxylic acids is 1. The van der Waals surface area contributed by atoms with Crippen LogP contribution in [0.25, 0.3) is 0 Å². The van der Waals surface area contributed by atoms with Gasteiger partial charge in [-0.3, -0.25) is 52.7 Å². The highest BCUT2D eigenvalue weighted by Crippen LogP contribution is 2.28. The van der Waals surface area contributed by atoms with Crippen molar-refractivity contribution in [1.82, 2.24) is 44.9 Å². The van der Waals surface area contributed by atoms with Crippen molar-refractivity contribution >= 4 is 70.7 Å². The first kappa shape index (κ1) is 82.5. The van der Waals surface area contributed by atoms with Gasteiger partial charge in [-0.2, -0.15) is 0 Å². The summed E-state index contributed by atoms with van der Waals surface area (Å²) in [7, 11) is 9.85. The molecule has 0 bridgehead atoms. The lowest BCUT2D eigenvalue weighted by molar-refractivity contribution is -0.157. The van der Waals surface area contributed by atoms with Gasteiger partial charge in [0.05, 0.1) is 12.1 Å². The van der Waals surface area contributed by atoms with E-state index in [0.717, 1.165) is 20.8 Å². The number of hydrogen-bond acceptors (Lipinski definition) is 13. The van der Waals surface area contributed by atoms with Gasteiger partial charge in [0.15, 0.2) is 11.6 Å². The molecule has 9 amide bonds. The molecule has 1 rings (SSSR count). The summed E-state index contributed by atoms with van der Waals surface area (Å²) in [5, 5.41) is 27.5. The highest BCUT2D eigenvalue weighted by atomic mass is 16.4. The maximum atomic E-state index is 15.3. The highest BCUT2D eigenvalue weighted by molar-refractivity contribution is 6.00. The zero-order chi connectivity index (χ0) is 70.5. The Morgan fingerprint density at radius 2 is 0.901 bits per heavy atom. The zero-order valence-corrected chi connectivity index (χ0v) is 59.6. The Kier molecular flexibility index (Phi) is 34.3. The van der Waals surface area contributed by atoms with Crippen LogP contribution in [0.15, 0.2) is 24.3 Å². The number of Topliss-reactive ketones (excluding diaryl/α,β-unsaturated/α-hetero) is 2. The molecule has 1 heterocycles. The molecule has 91 heavy (non-hydrogen) atoms. The van der Waals surface area contributed by atoms with E-state index in [-0.39, 0.29) is 68.6 Å². The summed E-state index contributed by atoms with van der Waals surface area (Å²) in [4.78, 5) is 184. The number of ketones is 2. The highest BCUT2D eigenvalue weighted by Gasteiger charge is 2.46. The first-order chi connectivity index (χ1) is 42.0. The van der Waals surface area contributed by atoms with Crippen LogP contribution in [0.5, 0.6) is 0 Å².